The second-order valence-corrected chi connectivity index (χ2v) is 5.96. The van der Waals surface area contributed by atoms with Gasteiger partial charge in [0.05, 0.1) is 32.0 Å². The Morgan fingerprint density at radius 2 is 1.66 bits per heavy atom. The number of hydrazone groups is 1. The van der Waals surface area contributed by atoms with E-state index in [0.29, 0.717) is 29.0 Å². The lowest BCUT2D eigenvalue weighted by atomic mass is 10.1. The molecule has 0 aromatic heterocycles. The summed E-state index contributed by atoms with van der Waals surface area (Å²) in [5.41, 5.74) is 3.85. The highest BCUT2D eigenvalue weighted by Gasteiger charge is 2.08. The van der Waals surface area contributed by atoms with Gasteiger partial charge in [0, 0.05) is 5.56 Å². The molecule has 0 aliphatic heterocycles. The highest BCUT2D eigenvalue weighted by Crippen LogP contribution is 2.12. The summed E-state index contributed by atoms with van der Waals surface area (Å²) in [5, 5.41) is 6.34. The van der Waals surface area contributed by atoms with Crippen LogP contribution < -0.4 is 15.5 Å². The highest BCUT2D eigenvalue weighted by molar-refractivity contribution is 5.96. The van der Waals surface area contributed by atoms with Crippen LogP contribution in [0.5, 0.6) is 5.75 Å². The lowest BCUT2D eigenvalue weighted by molar-refractivity contribution is -0.120. The van der Waals surface area contributed by atoms with Gasteiger partial charge in [0.15, 0.2) is 0 Å². The van der Waals surface area contributed by atoms with Crippen molar-refractivity contribution < 1.29 is 23.9 Å². The minimum absolute atomic E-state index is 0.217. The van der Waals surface area contributed by atoms with Gasteiger partial charge >= 0.3 is 5.97 Å². The van der Waals surface area contributed by atoms with Crippen molar-refractivity contribution in [3.8, 4) is 5.75 Å². The van der Waals surface area contributed by atoms with Crippen molar-refractivity contribution in [2.75, 3.05) is 20.3 Å². The first-order chi connectivity index (χ1) is 14.0. The number of methoxy groups -OCH3 is 1. The van der Waals surface area contributed by atoms with Crippen LogP contribution in [0.15, 0.2) is 53.6 Å². The Hall–Kier alpha value is -3.68. The number of esters is 1. The summed E-state index contributed by atoms with van der Waals surface area (Å²) < 4.78 is 10.1. The Morgan fingerprint density at radius 3 is 2.28 bits per heavy atom. The van der Waals surface area contributed by atoms with Gasteiger partial charge in [-0.3, -0.25) is 9.59 Å². The third-order valence-electron chi connectivity index (χ3n) is 3.73. The number of ether oxygens (including phenoxy) is 2. The van der Waals surface area contributed by atoms with Crippen molar-refractivity contribution in [3.05, 3.63) is 65.2 Å². The lowest BCUT2D eigenvalue weighted by Crippen LogP contribution is -2.34. The molecule has 0 aliphatic rings. The molecule has 29 heavy (non-hydrogen) atoms. The smallest absolute Gasteiger partial charge is 0.337 e. The van der Waals surface area contributed by atoms with Gasteiger partial charge in [-0.05, 0) is 48.4 Å². The molecule has 152 valence electrons. The molecule has 0 radical (unpaired) electrons. The van der Waals surface area contributed by atoms with Crippen molar-refractivity contribution in [2.24, 2.45) is 5.10 Å². The number of hydrogen-bond donors (Lipinski definition) is 2. The van der Waals surface area contributed by atoms with Crippen LogP contribution in [0, 0.1) is 0 Å². The Bertz CT molecular complexity index is 861. The molecule has 2 rings (SSSR count). The molecule has 0 aliphatic carbocycles. The summed E-state index contributed by atoms with van der Waals surface area (Å²) in [6.07, 6.45) is 2.33. The maximum Gasteiger partial charge on any atom is 0.337 e. The molecule has 0 saturated carbocycles. The molecule has 2 aromatic rings. The molecule has 8 nitrogen and oxygen atoms in total. The quantitative estimate of drug-likeness (QED) is 0.383. The molecule has 0 atom stereocenters. The zero-order valence-electron chi connectivity index (χ0n) is 16.3. The van der Waals surface area contributed by atoms with E-state index in [1.807, 2.05) is 6.92 Å². The molecule has 2 aromatic carbocycles. The van der Waals surface area contributed by atoms with Crippen LogP contribution in [0.3, 0.4) is 0 Å². The maximum atomic E-state index is 12.1. The number of amides is 2. The number of nitrogens with one attached hydrogen (secondary N) is 2. The molecular formula is C21H23N3O5. The molecule has 2 N–H and O–H groups in total. The van der Waals surface area contributed by atoms with Crippen molar-refractivity contribution in [1.29, 1.82) is 0 Å². The van der Waals surface area contributed by atoms with Crippen LogP contribution in [-0.4, -0.2) is 44.3 Å². The van der Waals surface area contributed by atoms with Crippen LogP contribution >= 0.6 is 0 Å². The van der Waals surface area contributed by atoms with Crippen LogP contribution in [0.4, 0.5) is 0 Å². The Kier molecular flexibility index (Phi) is 8.37. The first kappa shape index (κ1) is 21.6. The average molecular weight is 397 g/mol. The number of carbonyl (C=O) groups is 3. The summed E-state index contributed by atoms with van der Waals surface area (Å²) in [7, 11) is 1.31. The summed E-state index contributed by atoms with van der Waals surface area (Å²) in [5.74, 6) is -0.580. The minimum atomic E-state index is -0.469. The van der Waals surface area contributed by atoms with Gasteiger partial charge in [-0.2, -0.15) is 5.10 Å². The standard InChI is InChI=1S/C21H23N3O5/c1-3-12-29-18-10-8-16(9-11-18)20(26)22-14-19(25)24-23-13-15-4-6-17(7-5-15)21(27)28-2/h4-11,13H,3,12,14H2,1-2H3,(H,22,26)(H,24,25)/b23-13+. The summed E-state index contributed by atoms with van der Waals surface area (Å²) in [6, 6.07) is 13.2. The van der Waals surface area contributed by atoms with Gasteiger partial charge in [0.2, 0.25) is 0 Å². The van der Waals surface area contributed by atoms with Gasteiger partial charge in [0.1, 0.15) is 5.75 Å². The third-order valence-corrected chi connectivity index (χ3v) is 3.73. The molecule has 0 saturated heterocycles. The fourth-order valence-electron chi connectivity index (χ4n) is 2.23. The Balaban J connectivity index is 1.76. The first-order valence-corrected chi connectivity index (χ1v) is 9.04. The molecule has 0 bridgehead atoms. The number of nitrogens with zero attached hydrogens (tertiary/aromatic N) is 1. The van der Waals surface area contributed by atoms with E-state index in [1.54, 1.807) is 48.5 Å². The maximum absolute atomic E-state index is 12.1. The first-order valence-electron chi connectivity index (χ1n) is 9.04. The number of benzene rings is 2. The molecule has 0 fully saturated rings. The molecule has 2 amide bonds. The van der Waals surface area contributed by atoms with Crippen LogP contribution in [0.1, 0.15) is 39.6 Å². The topological polar surface area (TPSA) is 106 Å². The van der Waals surface area contributed by atoms with Gasteiger partial charge in [-0.25, -0.2) is 10.2 Å². The third kappa shape index (κ3) is 7.10. The number of rotatable bonds is 9. The summed E-state index contributed by atoms with van der Waals surface area (Å²) in [4.78, 5) is 35.2. The predicted octanol–water partition coefficient (Wildman–Crippen LogP) is 2.14. The molecule has 0 heterocycles. The summed E-state index contributed by atoms with van der Waals surface area (Å²) in [6.45, 7) is 2.41. The van der Waals surface area contributed by atoms with Gasteiger partial charge < -0.3 is 14.8 Å². The van der Waals surface area contributed by atoms with Crippen molar-refractivity contribution in [2.45, 2.75) is 13.3 Å². The Labute approximate surface area is 168 Å². The largest absolute Gasteiger partial charge is 0.494 e. The van der Waals surface area contributed by atoms with E-state index in [1.165, 1.54) is 13.3 Å². The average Bonchev–Trinajstić information content (AvgIpc) is 2.76. The van der Waals surface area contributed by atoms with Crippen molar-refractivity contribution in [1.82, 2.24) is 10.7 Å². The minimum Gasteiger partial charge on any atom is -0.494 e. The van der Waals surface area contributed by atoms with Gasteiger partial charge in [0.25, 0.3) is 11.8 Å². The van der Waals surface area contributed by atoms with E-state index >= 15 is 0 Å². The van der Waals surface area contributed by atoms with Gasteiger partial charge in [-0.1, -0.05) is 19.1 Å². The predicted molar refractivity (Wildman–Crippen MR) is 108 cm³/mol. The van der Waals surface area contributed by atoms with E-state index in [4.69, 9.17) is 4.74 Å². The van der Waals surface area contributed by atoms with Crippen molar-refractivity contribution in [3.63, 3.8) is 0 Å². The molecule has 0 spiro atoms. The van der Waals surface area contributed by atoms with E-state index in [9.17, 15) is 14.4 Å². The van der Waals surface area contributed by atoms with E-state index in [0.717, 1.165) is 6.42 Å². The van der Waals surface area contributed by atoms with E-state index in [2.05, 4.69) is 20.6 Å². The zero-order valence-corrected chi connectivity index (χ0v) is 16.3. The van der Waals surface area contributed by atoms with Gasteiger partial charge in [-0.15, -0.1) is 0 Å². The SMILES string of the molecule is CCCOc1ccc(C(=O)NCC(=O)N/N=C/c2ccc(C(=O)OC)cc2)cc1. The Morgan fingerprint density at radius 1 is 1.00 bits per heavy atom. The van der Waals surface area contributed by atoms with E-state index in [-0.39, 0.29) is 12.5 Å². The normalized spacial score (nSPS) is 10.4. The van der Waals surface area contributed by atoms with Crippen LogP contribution in [0.2, 0.25) is 0 Å². The fourth-order valence-corrected chi connectivity index (χ4v) is 2.23. The van der Waals surface area contributed by atoms with E-state index < -0.39 is 11.9 Å². The molecule has 0 unspecified atom stereocenters. The van der Waals surface area contributed by atoms with Crippen molar-refractivity contribution >= 4 is 24.0 Å². The fraction of sp³-hybridized carbons (Fsp3) is 0.238. The molecular weight excluding hydrogens is 374 g/mol. The number of carbonyl (C=O) groups excluding carboxylic acids is 3. The van der Waals surface area contributed by atoms with Crippen LogP contribution in [-0.2, 0) is 9.53 Å². The second kappa shape index (κ2) is 11.2. The molecule has 8 heteroatoms. The lowest BCUT2D eigenvalue weighted by Gasteiger charge is -2.07. The second-order valence-electron chi connectivity index (χ2n) is 5.96. The summed E-state index contributed by atoms with van der Waals surface area (Å²) >= 11 is 0. The number of hydrogen-bond acceptors (Lipinski definition) is 6. The van der Waals surface area contributed by atoms with Crippen LogP contribution in [0.25, 0.3) is 0 Å². The monoisotopic (exact) mass is 397 g/mol. The highest BCUT2D eigenvalue weighted by atomic mass is 16.5. The zero-order chi connectivity index (χ0) is 21.1.